The Kier molecular flexibility index (Phi) is 4.57. The van der Waals surface area contributed by atoms with Gasteiger partial charge in [-0.3, -0.25) is 0 Å². The van der Waals surface area contributed by atoms with E-state index in [4.69, 9.17) is 0 Å². The molecule has 4 heteroatoms. The Hall–Kier alpha value is -1.03. The van der Waals surface area contributed by atoms with Crippen LogP contribution < -0.4 is 5.32 Å². The monoisotopic (exact) mass is 255 g/mol. The first kappa shape index (κ1) is 14.0. The molecule has 0 aliphatic heterocycles. The molecule has 0 amide bonds. The summed E-state index contributed by atoms with van der Waals surface area (Å²) in [4.78, 5) is 0.360. The Morgan fingerprint density at radius 1 is 1.24 bits per heavy atom. The van der Waals surface area contributed by atoms with Crippen molar-refractivity contribution >= 4 is 15.5 Å². The number of benzene rings is 1. The third kappa shape index (κ3) is 4.77. The molecule has 17 heavy (non-hydrogen) atoms. The molecule has 0 spiro atoms. The van der Waals surface area contributed by atoms with Crippen molar-refractivity contribution < 1.29 is 8.42 Å². The maximum atomic E-state index is 11.4. The van der Waals surface area contributed by atoms with E-state index in [1.54, 1.807) is 18.2 Å². The quantitative estimate of drug-likeness (QED) is 0.880. The molecule has 3 nitrogen and oxygen atoms in total. The summed E-state index contributed by atoms with van der Waals surface area (Å²) in [6.45, 7) is 6.45. The Labute approximate surface area is 104 Å². The van der Waals surface area contributed by atoms with Crippen molar-refractivity contribution in [1.29, 1.82) is 0 Å². The van der Waals surface area contributed by atoms with Crippen LogP contribution in [0.25, 0.3) is 0 Å². The Morgan fingerprint density at radius 3 is 2.41 bits per heavy atom. The Morgan fingerprint density at radius 2 is 1.88 bits per heavy atom. The van der Waals surface area contributed by atoms with E-state index in [0.717, 1.165) is 12.1 Å². The molecule has 0 aromatic heterocycles. The zero-order valence-corrected chi connectivity index (χ0v) is 11.7. The lowest BCUT2D eigenvalue weighted by atomic mass is 10.1. The van der Waals surface area contributed by atoms with Crippen molar-refractivity contribution in [3.8, 4) is 0 Å². The normalized spacial score (nSPS) is 13.7. The summed E-state index contributed by atoms with van der Waals surface area (Å²) in [5.41, 5.74) is 0.862. The first-order valence-electron chi connectivity index (χ1n) is 5.85. The average Bonchev–Trinajstić information content (AvgIpc) is 2.15. The fourth-order valence-corrected chi connectivity index (χ4v) is 2.53. The minimum atomic E-state index is -3.12. The van der Waals surface area contributed by atoms with E-state index in [1.807, 2.05) is 6.07 Å². The summed E-state index contributed by atoms with van der Waals surface area (Å²) < 4.78 is 22.8. The van der Waals surface area contributed by atoms with Gasteiger partial charge in [0.1, 0.15) is 0 Å². The molecule has 0 aliphatic carbocycles. The van der Waals surface area contributed by atoms with Gasteiger partial charge in [0.15, 0.2) is 9.84 Å². The predicted molar refractivity (Wildman–Crippen MR) is 72.1 cm³/mol. The first-order valence-corrected chi connectivity index (χ1v) is 7.75. The number of rotatable bonds is 5. The maximum absolute atomic E-state index is 11.4. The van der Waals surface area contributed by atoms with Gasteiger partial charge in [0.2, 0.25) is 0 Å². The number of hydrogen-bond acceptors (Lipinski definition) is 3. The molecule has 1 aromatic carbocycles. The number of anilines is 1. The Balaban J connectivity index is 2.80. The summed E-state index contributed by atoms with van der Waals surface area (Å²) in [7, 11) is -3.12. The molecule has 1 N–H and O–H groups in total. The van der Waals surface area contributed by atoms with Gasteiger partial charge in [-0.25, -0.2) is 8.42 Å². The van der Waals surface area contributed by atoms with Gasteiger partial charge in [-0.05, 0) is 37.5 Å². The second kappa shape index (κ2) is 5.54. The van der Waals surface area contributed by atoms with Crippen molar-refractivity contribution in [3.63, 3.8) is 0 Å². The van der Waals surface area contributed by atoms with Gasteiger partial charge in [-0.1, -0.05) is 19.9 Å². The largest absolute Gasteiger partial charge is 0.383 e. The van der Waals surface area contributed by atoms with Gasteiger partial charge in [-0.15, -0.1) is 0 Å². The van der Waals surface area contributed by atoms with Gasteiger partial charge in [0.25, 0.3) is 0 Å². The fraction of sp³-hybridized carbons (Fsp3) is 0.538. The maximum Gasteiger partial charge on any atom is 0.175 e. The summed E-state index contributed by atoms with van der Waals surface area (Å²) in [6.07, 6.45) is 2.28. The minimum absolute atomic E-state index is 0.338. The van der Waals surface area contributed by atoms with Crippen LogP contribution in [0.4, 0.5) is 5.69 Å². The second-order valence-corrected chi connectivity index (χ2v) is 6.99. The SMILES string of the molecule is CC(C)CC(C)Nc1cccc(S(C)(=O)=O)c1. The Bertz CT molecular complexity index is 466. The van der Waals surface area contributed by atoms with Crippen molar-refractivity contribution in [2.45, 2.75) is 38.1 Å². The molecule has 1 rings (SSSR count). The van der Waals surface area contributed by atoms with E-state index < -0.39 is 9.84 Å². The molecular weight excluding hydrogens is 234 g/mol. The van der Waals surface area contributed by atoms with Crippen LogP contribution in [0.3, 0.4) is 0 Å². The highest BCUT2D eigenvalue weighted by molar-refractivity contribution is 7.90. The van der Waals surface area contributed by atoms with Gasteiger partial charge >= 0.3 is 0 Å². The van der Waals surface area contributed by atoms with Crippen LogP contribution in [0, 0.1) is 5.92 Å². The van der Waals surface area contributed by atoms with Gasteiger partial charge in [0.05, 0.1) is 4.90 Å². The number of hydrogen-bond donors (Lipinski definition) is 1. The molecule has 96 valence electrons. The smallest absolute Gasteiger partial charge is 0.175 e. The summed E-state index contributed by atoms with van der Waals surface area (Å²) in [6, 6.07) is 7.30. The predicted octanol–water partition coefficient (Wildman–Crippen LogP) is 2.94. The van der Waals surface area contributed by atoms with Gasteiger partial charge in [0, 0.05) is 18.0 Å². The van der Waals surface area contributed by atoms with E-state index in [1.165, 1.54) is 6.26 Å². The van der Waals surface area contributed by atoms with Crippen LogP contribution in [-0.2, 0) is 9.84 Å². The van der Waals surface area contributed by atoms with Crippen LogP contribution in [0.15, 0.2) is 29.2 Å². The number of nitrogens with one attached hydrogen (secondary N) is 1. The lowest BCUT2D eigenvalue weighted by Crippen LogP contribution is -2.17. The molecule has 1 aromatic rings. The second-order valence-electron chi connectivity index (χ2n) is 4.97. The third-order valence-electron chi connectivity index (χ3n) is 2.50. The molecule has 1 unspecified atom stereocenters. The fourth-order valence-electron chi connectivity index (χ4n) is 1.87. The van der Waals surface area contributed by atoms with Crippen LogP contribution >= 0.6 is 0 Å². The van der Waals surface area contributed by atoms with Crippen molar-refractivity contribution in [3.05, 3.63) is 24.3 Å². The van der Waals surface area contributed by atoms with E-state index in [0.29, 0.717) is 16.9 Å². The van der Waals surface area contributed by atoms with E-state index >= 15 is 0 Å². The van der Waals surface area contributed by atoms with Gasteiger partial charge in [-0.2, -0.15) is 0 Å². The van der Waals surface area contributed by atoms with Crippen LogP contribution in [-0.4, -0.2) is 20.7 Å². The summed E-state index contributed by atoms with van der Waals surface area (Å²) in [5, 5.41) is 3.32. The van der Waals surface area contributed by atoms with Gasteiger partial charge < -0.3 is 5.32 Å². The minimum Gasteiger partial charge on any atom is -0.383 e. The molecule has 0 bridgehead atoms. The average molecular weight is 255 g/mol. The highest BCUT2D eigenvalue weighted by Gasteiger charge is 2.09. The number of sulfone groups is 1. The van der Waals surface area contributed by atoms with Crippen LogP contribution in [0.1, 0.15) is 27.2 Å². The molecule has 0 saturated heterocycles. The van der Waals surface area contributed by atoms with Crippen molar-refractivity contribution in [2.75, 3.05) is 11.6 Å². The van der Waals surface area contributed by atoms with Crippen molar-refractivity contribution in [2.24, 2.45) is 5.92 Å². The zero-order valence-electron chi connectivity index (χ0n) is 10.9. The molecule has 0 heterocycles. The lowest BCUT2D eigenvalue weighted by Gasteiger charge is -2.17. The first-order chi connectivity index (χ1) is 7.79. The van der Waals surface area contributed by atoms with Crippen LogP contribution in [0.5, 0.6) is 0 Å². The highest BCUT2D eigenvalue weighted by atomic mass is 32.2. The molecule has 0 radical (unpaired) electrons. The zero-order chi connectivity index (χ0) is 13.1. The lowest BCUT2D eigenvalue weighted by molar-refractivity contribution is 0.539. The third-order valence-corrected chi connectivity index (χ3v) is 3.61. The summed E-state index contributed by atoms with van der Waals surface area (Å²) in [5.74, 6) is 0.621. The molecule has 0 aliphatic rings. The topological polar surface area (TPSA) is 46.2 Å². The highest BCUT2D eigenvalue weighted by Crippen LogP contribution is 2.17. The molecule has 1 atom stereocenters. The van der Waals surface area contributed by atoms with E-state index in [-0.39, 0.29) is 0 Å². The standard InChI is InChI=1S/C13H21NO2S/c1-10(2)8-11(3)14-12-6-5-7-13(9-12)17(4,15)16/h5-7,9-11,14H,8H2,1-4H3. The molecular formula is C13H21NO2S. The van der Waals surface area contributed by atoms with Crippen molar-refractivity contribution in [1.82, 2.24) is 0 Å². The molecule has 0 saturated carbocycles. The van der Waals surface area contributed by atoms with E-state index in [9.17, 15) is 8.42 Å². The summed E-state index contributed by atoms with van der Waals surface area (Å²) >= 11 is 0. The van der Waals surface area contributed by atoms with Crippen LogP contribution in [0.2, 0.25) is 0 Å². The van der Waals surface area contributed by atoms with E-state index in [2.05, 4.69) is 26.1 Å². The molecule has 0 fully saturated rings.